The van der Waals surface area contributed by atoms with Crippen molar-refractivity contribution < 1.29 is 21.6 Å². The number of halogens is 3. The summed E-state index contributed by atoms with van der Waals surface area (Å²) in [7, 11) is -3.39. The van der Waals surface area contributed by atoms with Crippen LogP contribution >= 0.6 is 0 Å². The molecule has 2 aromatic heterocycles. The molecule has 1 saturated heterocycles. The van der Waals surface area contributed by atoms with Gasteiger partial charge in [-0.2, -0.15) is 0 Å². The van der Waals surface area contributed by atoms with E-state index in [0.717, 1.165) is 18.4 Å². The second-order valence-electron chi connectivity index (χ2n) is 7.42. The number of benzene rings is 1. The first-order chi connectivity index (χ1) is 14.1. The monoisotopic (exact) mass is 439 g/mol. The minimum Gasteiger partial charge on any atom is -0.340 e. The molecule has 11 heteroatoms. The third kappa shape index (κ3) is 3.86. The highest BCUT2D eigenvalue weighted by molar-refractivity contribution is 7.90. The largest absolute Gasteiger partial charge is 0.340 e. The number of nitrogens with zero attached hydrogens (tertiary/aromatic N) is 4. The van der Waals surface area contributed by atoms with Crippen molar-refractivity contribution in [3.63, 3.8) is 0 Å². The fourth-order valence-electron chi connectivity index (χ4n) is 3.53. The minimum atomic E-state index is -3.39. The van der Waals surface area contributed by atoms with Gasteiger partial charge in [-0.3, -0.25) is 4.98 Å². The predicted molar refractivity (Wildman–Crippen MR) is 106 cm³/mol. The van der Waals surface area contributed by atoms with Crippen molar-refractivity contribution in [3.8, 4) is 0 Å². The SMILES string of the molecule is CS(=O)(=O)c1ccc(Cn2c(N3CC[C@@H](F)[C@H](N)C3)nc3cc(F)c(F)cc32)nc1. The lowest BCUT2D eigenvalue weighted by Gasteiger charge is -2.34. The summed E-state index contributed by atoms with van der Waals surface area (Å²) in [6, 6.07) is 4.33. The van der Waals surface area contributed by atoms with Crippen molar-refractivity contribution in [2.24, 2.45) is 5.73 Å². The van der Waals surface area contributed by atoms with Gasteiger partial charge in [-0.05, 0) is 18.6 Å². The molecule has 0 unspecified atom stereocenters. The Bertz CT molecular complexity index is 1200. The average molecular weight is 439 g/mol. The van der Waals surface area contributed by atoms with Crippen LogP contribution in [-0.4, -0.2) is 54.5 Å². The minimum absolute atomic E-state index is 0.0751. The highest BCUT2D eigenvalue weighted by Gasteiger charge is 2.29. The van der Waals surface area contributed by atoms with Gasteiger partial charge in [0.1, 0.15) is 6.17 Å². The van der Waals surface area contributed by atoms with E-state index in [-0.39, 0.29) is 29.9 Å². The summed E-state index contributed by atoms with van der Waals surface area (Å²) in [5.41, 5.74) is 6.95. The van der Waals surface area contributed by atoms with E-state index in [4.69, 9.17) is 5.73 Å². The summed E-state index contributed by atoms with van der Waals surface area (Å²) >= 11 is 0. The third-order valence-electron chi connectivity index (χ3n) is 5.17. The molecular weight excluding hydrogens is 419 g/mol. The van der Waals surface area contributed by atoms with E-state index in [1.807, 2.05) is 0 Å². The van der Waals surface area contributed by atoms with Crippen LogP contribution < -0.4 is 10.6 Å². The van der Waals surface area contributed by atoms with E-state index < -0.39 is 33.7 Å². The standard InChI is InChI=1S/C19H20F3N5O2S/c1-30(28,29)12-3-2-11(24-8-12)9-27-18-7-15(22)14(21)6-17(18)25-19(27)26-5-4-13(20)16(23)10-26/h2-3,6-8,13,16H,4-5,9-10,23H2,1H3/t13-,16-/m1/s1. The maximum atomic E-state index is 13.9. The van der Waals surface area contributed by atoms with Crippen LogP contribution in [0, 0.1) is 11.6 Å². The molecule has 1 aromatic carbocycles. The number of fused-ring (bicyclic) bond motifs is 1. The Hall–Kier alpha value is -2.66. The smallest absolute Gasteiger partial charge is 0.206 e. The number of imidazole rings is 1. The van der Waals surface area contributed by atoms with Crippen LogP contribution in [0.15, 0.2) is 35.4 Å². The van der Waals surface area contributed by atoms with Crippen molar-refractivity contribution in [2.75, 3.05) is 24.2 Å². The van der Waals surface area contributed by atoms with E-state index in [2.05, 4.69) is 9.97 Å². The fraction of sp³-hybridized carbons (Fsp3) is 0.368. The second-order valence-corrected chi connectivity index (χ2v) is 9.44. The average Bonchev–Trinajstić information content (AvgIpc) is 3.01. The molecule has 0 radical (unpaired) electrons. The third-order valence-corrected chi connectivity index (χ3v) is 6.27. The van der Waals surface area contributed by atoms with Crippen LogP contribution in [0.1, 0.15) is 12.1 Å². The molecule has 1 aliphatic rings. The Morgan fingerprint density at radius 3 is 2.60 bits per heavy atom. The molecule has 0 amide bonds. The molecule has 160 valence electrons. The first-order valence-corrected chi connectivity index (χ1v) is 11.2. The summed E-state index contributed by atoms with van der Waals surface area (Å²) in [4.78, 5) is 10.5. The molecule has 1 fully saturated rings. The zero-order chi connectivity index (χ0) is 21.6. The summed E-state index contributed by atoms with van der Waals surface area (Å²) in [6.45, 7) is 0.686. The maximum Gasteiger partial charge on any atom is 0.206 e. The van der Waals surface area contributed by atoms with Crippen molar-refractivity contribution in [1.29, 1.82) is 0 Å². The Kier molecular flexibility index (Phi) is 5.18. The van der Waals surface area contributed by atoms with Gasteiger partial charge in [-0.15, -0.1) is 0 Å². The van der Waals surface area contributed by atoms with Gasteiger partial charge >= 0.3 is 0 Å². The fourth-order valence-corrected chi connectivity index (χ4v) is 4.08. The number of hydrogen-bond acceptors (Lipinski definition) is 6. The lowest BCUT2D eigenvalue weighted by Crippen LogP contribution is -2.50. The van der Waals surface area contributed by atoms with Crippen LogP contribution in [-0.2, 0) is 16.4 Å². The van der Waals surface area contributed by atoms with E-state index >= 15 is 0 Å². The number of nitrogens with two attached hydrogens (primary N) is 1. The number of sulfone groups is 1. The Labute approximate surface area is 171 Å². The van der Waals surface area contributed by atoms with Crippen LogP contribution in [0.25, 0.3) is 11.0 Å². The molecule has 0 spiro atoms. The Morgan fingerprint density at radius 2 is 1.97 bits per heavy atom. The molecule has 4 rings (SSSR count). The lowest BCUT2D eigenvalue weighted by molar-refractivity contribution is 0.243. The molecule has 3 heterocycles. The predicted octanol–water partition coefficient (Wildman–Crippen LogP) is 2.04. The molecule has 2 atom stereocenters. The summed E-state index contributed by atoms with van der Waals surface area (Å²) in [5.74, 6) is -1.64. The zero-order valence-corrected chi connectivity index (χ0v) is 16.9. The van der Waals surface area contributed by atoms with Crippen LogP contribution in [0.5, 0.6) is 0 Å². The van der Waals surface area contributed by atoms with Gasteiger partial charge in [0.25, 0.3) is 0 Å². The molecule has 3 aromatic rings. The van der Waals surface area contributed by atoms with Crippen molar-refractivity contribution >= 4 is 26.8 Å². The van der Waals surface area contributed by atoms with E-state index in [0.29, 0.717) is 23.7 Å². The van der Waals surface area contributed by atoms with Gasteiger partial charge in [0.2, 0.25) is 5.95 Å². The summed E-state index contributed by atoms with van der Waals surface area (Å²) < 4.78 is 66.4. The first-order valence-electron chi connectivity index (χ1n) is 9.28. The number of anilines is 1. The highest BCUT2D eigenvalue weighted by atomic mass is 32.2. The number of alkyl halides is 1. The molecule has 2 N–H and O–H groups in total. The molecule has 1 aliphatic heterocycles. The number of pyridine rings is 1. The molecule has 0 saturated carbocycles. The van der Waals surface area contributed by atoms with Gasteiger partial charge in [-0.1, -0.05) is 0 Å². The van der Waals surface area contributed by atoms with E-state index in [9.17, 15) is 21.6 Å². The number of hydrogen-bond donors (Lipinski definition) is 1. The normalized spacial score (nSPS) is 20.1. The topological polar surface area (TPSA) is 94.1 Å². The molecule has 7 nitrogen and oxygen atoms in total. The number of rotatable bonds is 4. The number of aromatic nitrogens is 3. The van der Waals surface area contributed by atoms with E-state index in [1.165, 1.54) is 12.3 Å². The van der Waals surface area contributed by atoms with Gasteiger partial charge in [0, 0.05) is 37.7 Å². The highest BCUT2D eigenvalue weighted by Crippen LogP contribution is 2.28. The number of piperidine rings is 1. The summed E-state index contributed by atoms with van der Waals surface area (Å²) in [5, 5.41) is 0. The van der Waals surface area contributed by atoms with Crippen LogP contribution in [0.4, 0.5) is 19.1 Å². The zero-order valence-electron chi connectivity index (χ0n) is 16.1. The van der Waals surface area contributed by atoms with Crippen LogP contribution in [0.3, 0.4) is 0 Å². The van der Waals surface area contributed by atoms with Crippen molar-refractivity contribution in [2.45, 2.75) is 30.1 Å². The maximum absolute atomic E-state index is 13.9. The molecule has 0 aliphatic carbocycles. The van der Waals surface area contributed by atoms with Crippen LogP contribution in [0.2, 0.25) is 0 Å². The van der Waals surface area contributed by atoms with Crippen molar-refractivity contribution in [1.82, 2.24) is 14.5 Å². The van der Waals surface area contributed by atoms with Gasteiger partial charge < -0.3 is 15.2 Å². The van der Waals surface area contributed by atoms with Gasteiger partial charge in [-0.25, -0.2) is 26.6 Å². The Balaban J connectivity index is 1.77. The lowest BCUT2D eigenvalue weighted by atomic mass is 10.1. The Morgan fingerprint density at radius 1 is 1.23 bits per heavy atom. The molecule has 0 bridgehead atoms. The molecule has 30 heavy (non-hydrogen) atoms. The first kappa shape index (κ1) is 20.6. The van der Waals surface area contributed by atoms with Gasteiger partial charge in [0.15, 0.2) is 21.5 Å². The van der Waals surface area contributed by atoms with E-state index in [1.54, 1.807) is 15.5 Å². The van der Waals surface area contributed by atoms with Gasteiger partial charge in [0.05, 0.1) is 34.2 Å². The second kappa shape index (κ2) is 7.55. The summed E-state index contributed by atoms with van der Waals surface area (Å²) in [6.07, 6.45) is 1.42. The van der Waals surface area contributed by atoms with Crippen molar-refractivity contribution in [3.05, 3.63) is 47.8 Å². The molecular formula is C19H20F3N5O2S. The quantitative estimate of drug-likeness (QED) is 0.669.